The molecule has 106 valence electrons. The predicted molar refractivity (Wildman–Crippen MR) is 77.2 cm³/mol. The third-order valence-electron chi connectivity index (χ3n) is 3.53. The van der Waals surface area contributed by atoms with E-state index in [-0.39, 0.29) is 5.91 Å². The smallest absolute Gasteiger partial charge is 0.240 e. The zero-order valence-electron chi connectivity index (χ0n) is 11.8. The van der Waals surface area contributed by atoms with E-state index in [4.69, 9.17) is 0 Å². The number of thiazole rings is 1. The summed E-state index contributed by atoms with van der Waals surface area (Å²) in [4.78, 5) is 20.0. The van der Waals surface area contributed by atoms with Crippen molar-refractivity contribution in [3.8, 4) is 0 Å². The van der Waals surface area contributed by atoms with Crippen molar-refractivity contribution in [2.45, 2.75) is 32.9 Å². The Labute approximate surface area is 118 Å². The van der Waals surface area contributed by atoms with Gasteiger partial charge in [0.05, 0.1) is 12.1 Å². The standard InChI is InChI=1S/C13H22N4OS/c1-10-8-15-11(19-10)9-16-12(18)13(2,3)17-6-4-14-5-7-17/h8,14H,4-7,9H2,1-3H3,(H,16,18). The lowest BCUT2D eigenvalue weighted by molar-refractivity contribution is -0.132. The van der Waals surface area contributed by atoms with E-state index in [0.29, 0.717) is 6.54 Å². The molecule has 1 aromatic heterocycles. The van der Waals surface area contributed by atoms with Crippen LogP contribution in [-0.4, -0.2) is 47.5 Å². The molecule has 0 spiro atoms. The highest BCUT2D eigenvalue weighted by Gasteiger charge is 2.34. The second-order valence-electron chi connectivity index (χ2n) is 5.34. The quantitative estimate of drug-likeness (QED) is 0.856. The minimum absolute atomic E-state index is 0.0715. The minimum atomic E-state index is -0.464. The summed E-state index contributed by atoms with van der Waals surface area (Å²) in [6, 6.07) is 0. The number of nitrogens with one attached hydrogen (secondary N) is 2. The van der Waals surface area contributed by atoms with Crippen LogP contribution in [0, 0.1) is 6.92 Å². The van der Waals surface area contributed by atoms with E-state index in [1.54, 1.807) is 11.3 Å². The largest absolute Gasteiger partial charge is 0.348 e. The van der Waals surface area contributed by atoms with E-state index < -0.39 is 5.54 Å². The van der Waals surface area contributed by atoms with Crippen molar-refractivity contribution < 1.29 is 4.79 Å². The van der Waals surface area contributed by atoms with Gasteiger partial charge >= 0.3 is 0 Å². The third kappa shape index (κ3) is 3.52. The first kappa shape index (κ1) is 14.4. The maximum atomic E-state index is 12.3. The maximum Gasteiger partial charge on any atom is 0.240 e. The minimum Gasteiger partial charge on any atom is -0.348 e. The highest BCUT2D eigenvalue weighted by molar-refractivity contribution is 7.11. The van der Waals surface area contributed by atoms with Crippen LogP contribution in [0.15, 0.2) is 6.20 Å². The molecular formula is C13H22N4OS. The lowest BCUT2D eigenvalue weighted by Gasteiger charge is -2.39. The van der Waals surface area contributed by atoms with Crippen molar-refractivity contribution >= 4 is 17.2 Å². The number of nitrogens with zero attached hydrogens (tertiary/aromatic N) is 2. The zero-order valence-corrected chi connectivity index (χ0v) is 12.6. The number of aryl methyl sites for hydroxylation is 1. The van der Waals surface area contributed by atoms with Crippen molar-refractivity contribution in [3.05, 3.63) is 16.1 Å². The molecule has 0 unspecified atom stereocenters. The average molecular weight is 282 g/mol. The van der Waals surface area contributed by atoms with Crippen LogP contribution in [0.25, 0.3) is 0 Å². The van der Waals surface area contributed by atoms with E-state index >= 15 is 0 Å². The highest BCUT2D eigenvalue weighted by Crippen LogP contribution is 2.16. The van der Waals surface area contributed by atoms with Crippen LogP contribution in [0.2, 0.25) is 0 Å². The van der Waals surface area contributed by atoms with Gasteiger partial charge in [-0.3, -0.25) is 9.69 Å². The number of piperazine rings is 1. The van der Waals surface area contributed by atoms with Crippen molar-refractivity contribution in [3.63, 3.8) is 0 Å². The summed E-state index contributed by atoms with van der Waals surface area (Å²) in [5.41, 5.74) is -0.464. The predicted octanol–water partition coefficient (Wildman–Crippen LogP) is 0.752. The topological polar surface area (TPSA) is 57.3 Å². The van der Waals surface area contributed by atoms with Crippen LogP contribution < -0.4 is 10.6 Å². The van der Waals surface area contributed by atoms with Gasteiger partial charge in [0.2, 0.25) is 5.91 Å². The van der Waals surface area contributed by atoms with Crippen LogP contribution in [0.3, 0.4) is 0 Å². The fourth-order valence-corrected chi connectivity index (χ4v) is 2.95. The molecule has 0 aliphatic carbocycles. The van der Waals surface area contributed by atoms with Gasteiger partial charge in [-0.2, -0.15) is 0 Å². The van der Waals surface area contributed by atoms with Crippen LogP contribution in [0.5, 0.6) is 0 Å². The number of carbonyl (C=O) groups is 1. The molecule has 0 saturated carbocycles. The molecule has 2 heterocycles. The molecule has 1 aromatic rings. The Kier molecular flexibility index (Phi) is 4.54. The van der Waals surface area contributed by atoms with Crippen molar-refractivity contribution in [2.24, 2.45) is 0 Å². The Morgan fingerprint density at radius 3 is 2.79 bits per heavy atom. The van der Waals surface area contributed by atoms with Gasteiger partial charge in [0, 0.05) is 37.3 Å². The summed E-state index contributed by atoms with van der Waals surface area (Å²) in [6.07, 6.45) is 1.84. The Morgan fingerprint density at radius 2 is 2.21 bits per heavy atom. The molecular weight excluding hydrogens is 260 g/mol. The SMILES string of the molecule is Cc1cnc(CNC(=O)C(C)(C)N2CCNCC2)s1. The lowest BCUT2D eigenvalue weighted by Crippen LogP contribution is -2.59. The third-order valence-corrected chi connectivity index (χ3v) is 4.45. The van der Waals surface area contributed by atoms with Gasteiger partial charge in [0.1, 0.15) is 5.01 Å². The Balaban J connectivity index is 1.90. The summed E-state index contributed by atoms with van der Waals surface area (Å²) in [5.74, 6) is 0.0715. The molecule has 0 atom stereocenters. The molecule has 1 fully saturated rings. The first-order valence-corrected chi connectivity index (χ1v) is 7.47. The molecule has 6 heteroatoms. The van der Waals surface area contributed by atoms with Crippen LogP contribution in [0.1, 0.15) is 23.7 Å². The van der Waals surface area contributed by atoms with Crippen molar-refractivity contribution in [2.75, 3.05) is 26.2 Å². The Bertz CT molecular complexity index is 438. The highest BCUT2D eigenvalue weighted by atomic mass is 32.1. The average Bonchev–Trinajstić information content (AvgIpc) is 2.82. The number of hydrogen-bond donors (Lipinski definition) is 2. The molecule has 0 bridgehead atoms. The lowest BCUT2D eigenvalue weighted by atomic mass is 10.0. The van der Waals surface area contributed by atoms with Gasteiger partial charge in [-0.15, -0.1) is 11.3 Å². The van der Waals surface area contributed by atoms with Crippen molar-refractivity contribution in [1.82, 2.24) is 20.5 Å². The van der Waals surface area contributed by atoms with E-state index in [0.717, 1.165) is 31.2 Å². The van der Waals surface area contributed by atoms with E-state index in [1.165, 1.54) is 4.88 Å². The van der Waals surface area contributed by atoms with Gasteiger partial charge in [0.15, 0.2) is 0 Å². The van der Waals surface area contributed by atoms with Crippen LogP contribution in [-0.2, 0) is 11.3 Å². The number of rotatable bonds is 4. The summed E-state index contributed by atoms with van der Waals surface area (Å²) >= 11 is 1.63. The molecule has 1 aliphatic heterocycles. The van der Waals surface area contributed by atoms with Crippen molar-refractivity contribution in [1.29, 1.82) is 0 Å². The molecule has 0 aromatic carbocycles. The van der Waals surface area contributed by atoms with E-state index in [2.05, 4.69) is 20.5 Å². The molecule has 0 radical (unpaired) electrons. The first-order chi connectivity index (χ1) is 9.00. The molecule has 1 aliphatic rings. The molecule has 1 amide bonds. The molecule has 19 heavy (non-hydrogen) atoms. The monoisotopic (exact) mass is 282 g/mol. The molecule has 1 saturated heterocycles. The summed E-state index contributed by atoms with van der Waals surface area (Å²) in [5, 5.41) is 7.26. The molecule has 2 rings (SSSR count). The number of aromatic nitrogens is 1. The summed E-state index contributed by atoms with van der Waals surface area (Å²) < 4.78 is 0. The van der Waals surface area contributed by atoms with Gasteiger partial charge < -0.3 is 10.6 Å². The Morgan fingerprint density at radius 1 is 1.53 bits per heavy atom. The van der Waals surface area contributed by atoms with E-state index in [9.17, 15) is 4.79 Å². The van der Waals surface area contributed by atoms with Gasteiger partial charge in [-0.1, -0.05) is 0 Å². The summed E-state index contributed by atoms with van der Waals surface area (Å²) in [6.45, 7) is 10.2. The fraction of sp³-hybridized carbons (Fsp3) is 0.692. The van der Waals surface area contributed by atoms with Crippen LogP contribution in [0.4, 0.5) is 0 Å². The number of carbonyl (C=O) groups excluding carboxylic acids is 1. The molecule has 5 nitrogen and oxygen atoms in total. The van der Waals surface area contributed by atoms with E-state index in [1.807, 2.05) is 27.0 Å². The maximum absolute atomic E-state index is 12.3. The van der Waals surface area contributed by atoms with Gasteiger partial charge in [0.25, 0.3) is 0 Å². The van der Waals surface area contributed by atoms with Gasteiger partial charge in [-0.25, -0.2) is 4.98 Å². The Hall–Kier alpha value is -0.980. The normalized spacial score (nSPS) is 17.4. The van der Waals surface area contributed by atoms with Gasteiger partial charge in [-0.05, 0) is 20.8 Å². The number of hydrogen-bond acceptors (Lipinski definition) is 5. The zero-order chi connectivity index (χ0) is 13.9. The van der Waals surface area contributed by atoms with Crippen LogP contribution >= 0.6 is 11.3 Å². The second-order valence-corrected chi connectivity index (χ2v) is 6.66. The second kappa shape index (κ2) is 5.98. The molecule has 2 N–H and O–H groups in total. The number of amides is 1. The fourth-order valence-electron chi connectivity index (χ4n) is 2.22. The summed E-state index contributed by atoms with van der Waals surface area (Å²) in [7, 11) is 0. The first-order valence-electron chi connectivity index (χ1n) is 6.65.